The van der Waals surface area contributed by atoms with Gasteiger partial charge in [0, 0.05) is 22.3 Å². The molecule has 1 unspecified atom stereocenters. The molecule has 0 amide bonds. The lowest BCUT2D eigenvalue weighted by Crippen LogP contribution is -2.21. The summed E-state index contributed by atoms with van der Waals surface area (Å²) in [6.07, 6.45) is 1.08. The molecule has 0 bridgehead atoms. The van der Waals surface area contributed by atoms with Crippen molar-refractivity contribution in [2.75, 3.05) is 7.05 Å². The molecule has 1 aromatic carbocycles. The third-order valence-electron chi connectivity index (χ3n) is 3.74. The molecule has 0 aliphatic rings. The van der Waals surface area contributed by atoms with Gasteiger partial charge in [-0.2, -0.15) is 0 Å². The van der Waals surface area contributed by atoms with Crippen LogP contribution in [0.15, 0.2) is 36.4 Å². The second-order valence-electron chi connectivity index (χ2n) is 5.25. The van der Waals surface area contributed by atoms with Crippen LogP contribution in [0.3, 0.4) is 0 Å². The fraction of sp³-hybridized carbons (Fsp3) is 0.353. The molecule has 0 fully saturated rings. The van der Waals surface area contributed by atoms with E-state index >= 15 is 0 Å². The van der Waals surface area contributed by atoms with Gasteiger partial charge in [0.25, 0.3) is 0 Å². The fourth-order valence-electron chi connectivity index (χ4n) is 2.20. The molecular formula is C17H21NO2S. The average Bonchev–Trinajstić information content (AvgIpc) is 2.95. The van der Waals surface area contributed by atoms with Crippen LogP contribution in [0, 0.1) is 0 Å². The second-order valence-corrected chi connectivity index (χ2v) is 6.45. The Morgan fingerprint density at radius 3 is 2.43 bits per heavy atom. The maximum Gasteiger partial charge on any atom is 0.335 e. The maximum absolute atomic E-state index is 10.8. The monoisotopic (exact) mass is 303 g/mol. The SMILES string of the molecule is CCc1ccc(C(C)N(C)Cc2ccc(C(=O)O)cc2)s1. The first-order valence-electron chi connectivity index (χ1n) is 7.12. The van der Waals surface area contributed by atoms with Gasteiger partial charge in [0.15, 0.2) is 0 Å². The van der Waals surface area contributed by atoms with E-state index in [2.05, 4.69) is 37.9 Å². The molecule has 1 aromatic heterocycles. The Kier molecular flexibility index (Phi) is 5.15. The molecule has 0 aliphatic carbocycles. The van der Waals surface area contributed by atoms with Gasteiger partial charge in [0.1, 0.15) is 0 Å². The molecule has 3 nitrogen and oxygen atoms in total. The number of carboxylic acids is 1. The highest BCUT2D eigenvalue weighted by molar-refractivity contribution is 7.12. The zero-order chi connectivity index (χ0) is 15.4. The number of hydrogen-bond acceptors (Lipinski definition) is 3. The Morgan fingerprint density at radius 2 is 1.90 bits per heavy atom. The van der Waals surface area contributed by atoms with E-state index in [9.17, 15) is 4.79 Å². The lowest BCUT2D eigenvalue weighted by molar-refractivity contribution is 0.0697. The second kappa shape index (κ2) is 6.87. The van der Waals surface area contributed by atoms with Gasteiger partial charge < -0.3 is 5.11 Å². The molecule has 0 spiro atoms. The number of thiophene rings is 1. The number of carbonyl (C=O) groups is 1. The molecule has 0 radical (unpaired) electrons. The lowest BCUT2D eigenvalue weighted by atomic mass is 10.1. The van der Waals surface area contributed by atoms with Crippen LogP contribution in [0.25, 0.3) is 0 Å². The molecule has 1 N–H and O–H groups in total. The molecule has 1 atom stereocenters. The third kappa shape index (κ3) is 3.93. The van der Waals surface area contributed by atoms with Crippen LogP contribution >= 0.6 is 11.3 Å². The van der Waals surface area contributed by atoms with Crippen LogP contribution in [0.1, 0.15) is 45.6 Å². The Labute approximate surface area is 129 Å². The Bertz CT molecular complexity index is 604. The molecule has 0 aliphatic heterocycles. The van der Waals surface area contributed by atoms with Crippen LogP contribution in [-0.2, 0) is 13.0 Å². The molecule has 112 valence electrons. The lowest BCUT2D eigenvalue weighted by Gasteiger charge is -2.24. The van der Waals surface area contributed by atoms with Gasteiger partial charge in [-0.05, 0) is 50.2 Å². The summed E-state index contributed by atoms with van der Waals surface area (Å²) >= 11 is 1.87. The van der Waals surface area contributed by atoms with Crippen molar-refractivity contribution in [2.24, 2.45) is 0 Å². The first kappa shape index (κ1) is 15.7. The quantitative estimate of drug-likeness (QED) is 0.869. The summed E-state index contributed by atoms with van der Waals surface area (Å²) in [5, 5.41) is 8.91. The highest BCUT2D eigenvalue weighted by Crippen LogP contribution is 2.28. The van der Waals surface area contributed by atoms with Gasteiger partial charge in [-0.25, -0.2) is 4.79 Å². The predicted octanol–water partition coefficient (Wildman–Crippen LogP) is 4.20. The Hall–Kier alpha value is -1.65. The highest BCUT2D eigenvalue weighted by atomic mass is 32.1. The third-order valence-corrected chi connectivity index (χ3v) is 5.14. The number of carboxylic acid groups (broad SMARTS) is 1. The van der Waals surface area contributed by atoms with Crippen LogP contribution in [0.4, 0.5) is 0 Å². The minimum Gasteiger partial charge on any atom is -0.478 e. The number of aryl methyl sites for hydroxylation is 1. The molecule has 0 saturated heterocycles. The molecule has 21 heavy (non-hydrogen) atoms. The summed E-state index contributed by atoms with van der Waals surface area (Å²) in [6.45, 7) is 5.19. The number of benzene rings is 1. The molecular weight excluding hydrogens is 282 g/mol. The van der Waals surface area contributed by atoms with Crippen LogP contribution in [-0.4, -0.2) is 23.0 Å². The maximum atomic E-state index is 10.8. The fourth-order valence-corrected chi connectivity index (χ4v) is 3.27. The van der Waals surface area contributed by atoms with Crippen molar-refractivity contribution in [3.63, 3.8) is 0 Å². The van der Waals surface area contributed by atoms with Crippen molar-refractivity contribution in [3.8, 4) is 0 Å². The van der Waals surface area contributed by atoms with Crippen molar-refractivity contribution in [1.82, 2.24) is 4.90 Å². The minimum atomic E-state index is -0.881. The first-order valence-corrected chi connectivity index (χ1v) is 7.94. The van der Waals surface area contributed by atoms with Gasteiger partial charge in [-0.1, -0.05) is 19.1 Å². The molecule has 2 rings (SSSR count). The molecule has 1 heterocycles. The molecule has 2 aromatic rings. The summed E-state index contributed by atoms with van der Waals surface area (Å²) in [5.74, 6) is -0.881. The number of hydrogen-bond donors (Lipinski definition) is 1. The zero-order valence-corrected chi connectivity index (χ0v) is 13.5. The highest BCUT2D eigenvalue weighted by Gasteiger charge is 2.14. The van der Waals surface area contributed by atoms with Gasteiger partial charge in [0.05, 0.1) is 5.56 Å². The van der Waals surface area contributed by atoms with Gasteiger partial charge in [0.2, 0.25) is 0 Å². The number of rotatable bonds is 6. The standard InChI is InChI=1S/C17H21NO2S/c1-4-15-9-10-16(21-15)12(2)18(3)11-13-5-7-14(8-6-13)17(19)20/h5-10,12H,4,11H2,1-3H3,(H,19,20). The van der Waals surface area contributed by atoms with Crippen LogP contribution in [0.2, 0.25) is 0 Å². The number of aromatic carboxylic acids is 1. The number of nitrogens with zero attached hydrogens (tertiary/aromatic N) is 1. The van der Waals surface area contributed by atoms with E-state index in [4.69, 9.17) is 5.11 Å². The summed E-state index contributed by atoms with van der Waals surface area (Å²) in [5.41, 5.74) is 1.46. The summed E-state index contributed by atoms with van der Waals surface area (Å²) in [6, 6.07) is 11.9. The van der Waals surface area contributed by atoms with Crippen molar-refractivity contribution < 1.29 is 9.90 Å². The Morgan fingerprint density at radius 1 is 1.24 bits per heavy atom. The molecule has 4 heteroatoms. The van der Waals surface area contributed by atoms with Crippen LogP contribution < -0.4 is 0 Å². The zero-order valence-electron chi connectivity index (χ0n) is 12.7. The van der Waals surface area contributed by atoms with Gasteiger partial charge in [-0.3, -0.25) is 4.90 Å². The summed E-state index contributed by atoms with van der Waals surface area (Å²) < 4.78 is 0. The van der Waals surface area contributed by atoms with E-state index in [-0.39, 0.29) is 0 Å². The predicted molar refractivity (Wildman–Crippen MR) is 87.0 cm³/mol. The smallest absolute Gasteiger partial charge is 0.335 e. The normalized spacial score (nSPS) is 12.6. The topological polar surface area (TPSA) is 40.5 Å². The summed E-state index contributed by atoms with van der Waals surface area (Å²) in [7, 11) is 2.10. The molecule has 0 saturated carbocycles. The van der Waals surface area contributed by atoms with Crippen molar-refractivity contribution in [1.29, 1.82) is 0 Å². The largest absolute Gasteiger partial charge is 0.478 e. The van der Waals surface area contributed by atoms with Crippen LogP contribution in [0.5, 0.6) is 0 Å². The van der Waals surface area contributed by atoms with Crippen molar-refractivity contribution in [3.05, 3.63) is 57.3 Å². The van der Waals surface area contributed by atoms with E-state index < -0.39 is 5.97 Å². The van der Waals surface area contributed by atoms with E-state index in [0.717, 1.165) is 18.5 Å². The van der Waals surface area contributed by atoms with Gasteiger partial charge >= 0.3 is 5.97 Å². The van der Waals surface area contributed by atoms with E-state index in [1.54, 1.807) is 12.1 Å². The van der Waals surface area contributed by atoms with E-state index in [1.165, 1.54) is 9.75 Å². The van der Waals surface area contributed by atoms with E-state index in [1.807, 2.05) is 23.5 Å². The summed E-state index contributed by atoms with van der Waals surface area (Å²) in [4.78, 5) is 15.9. The van der Waals surface area contributed by atoms with Crippen molar-refractivity contribution >= 4 is 17.3 Å². The Balaban J connectivity index is 2.02. The minimum absolute atomic E-state index is 0.334. The van der Waals surface area contributed by atoms with Crippen molar-refractivity contribution in [2.45, 2.75) is 32.9 Å². The van der Waals surface area contributed by atoms with Gasteiger partial charge in [-0.15, -0.1) is 11.3 Å². The average molecular weight is 303 g/mol. The first-order chi connectivity index (χ1) is 10.0. The van der Waals surface area contributed by atoms with E-state index in [0.29, 0.717) is 11.6 Å².